The van der Waals surface area contributed by atoms with Gasteiger partial charge in [0.15, 0.2) is 10.8 Å². The van der Waals surface area contributed by atoms with Gasteiger partial charge in [0, 0.05) is 17.3 Å². The van der Waals surface area contributed by atoms with Crippen molar-refractivity contribution >= 4 is 75.1 Å². The van der Waals surface area contributed by atoms with Crippen molar-refractivity contribution < 1.29 is 28.5 Å². The van der Waals surface area contributed by atoms with Gasteiger partial charge in [0.05, 0.1) is 18.2 Å². The van der Waals surface area contributed by atoms with Crippen LogP contribution in [0, 0.1) is 0 Å². The zero-order valence-corrected chi connectivity index (χ0v) is 23.2. The number of thiazole rings is 1. The van der Waals surface area contributed by atoms with Crippen LogP contribution in [0.4, 0.5) is 16.8 Å². The molecule has 1 fully saturated rings. The van der Waals surface area contributed by atoms with E-state index in [1.54, 1.807) is 22.9 Å². The molecule has 1 unspecified atom stereocenters. The minimum absolute atomic E-state index is 0.0486. The van der Waals surface area contributed by atoms with Gasteiger partial charge < -0.3 is 37.0 Å². The van der Waals surface area contributed by atoms with Crippen LogP contribution < -0.4 is 27.1 Å². The van der Waals surface area contributed by atoms with Crippen LogP contribution in [-0.2, 0) is 30.5 Å². The number of amides is 2. The monoisotopic (exact) mass is 592 g/mol. The molecule has 4 rings (SSSR count). The van der Waals surface area contributed by atoms with Gasteiger partial charge in [0.2, 0.25) is 11.6 Å². The molecule has 39 heavy (non-hydrogen) atoms. The van der Waals surface area contributed by atoms with Gasteiger partial charge in [-0.05, 0) is 18.7 Å². The maximum absolute atomic E-state index is 12.9. The van der Waals surface area contributed by atoms with Crippen molar-refractivity contribution in [1.82, 2.24) is 20.2 Å². The summed E-state index contributed by atoms with van der Waals surface area (Å²) in [7, 11) is 0. The number of hydrogen-bond donors (Lipinski definition) is 4. The fourth-order valence-corrected chi connectivity index (χ4v) is 6.13. The molecule has 2 atom stereocenters. The Kier molecular flexibility index (Phi) is 8.93. The zero-order chi connectivity index (χ0) is 28.1. The number of β-lactam (4-membered cyclic amide) rings is 1. The number of allylic oxidation sites excluding steroid dienone is 1. The van der Waals surface area contributed by atoms with Crippen LogP contribution in [0.1, 0.15) is 12.6 Å². The molecule has 0 radical (unpaired) electrons. The minimum Gasteiger partial charge on any atom is -0.451 e. The molecular formula is C22H26N9O5S3+. The summed E-state index contributed by atoms with van der Waals surface area (Å²) in [6, 6.07) is 0.719. The van der Waals surface area contributed by atoms with Crippen LogP contribution in [0.5, 0.6) is 0 Å². The third-order valence-corrected chi connectivity index (χ3v) is 8.15. The first-order valence-electron chi connectivity index (χ1n) is 11.5. The lowest BCUT2D eigenvalue weighted by Gasteiger charge is -2.47. The number of hydrogen-bond acceptors (Lipinski definition) is 14. The van der Waals surface area contributed by atoms with Gasteiger partial charge in [0.25, 0.3) is 11.8 Å². The van der Waals surface area contributed by atoms with Gasteiger partial charge in [0.1, 0.15) is 29.7 Å². The predicted octanol–water partition coefficient (Wildman–Crippen LogP) is 0.0756. The highest BCUT2D eigenvalue weighted by molar-refractivity contribution is 8.00. The average molecular weight is 593 g/mol. The molecule has 0 bridgehead atoms. The first-order chi connectivity index (χ1) is 18.7. The van der Waals surface area contributed by atoms with Crippen molar-refractivity contribution in [3.05, 3.63) is 41.6 Å². The molecule has 1 saturated heterocycles. The summed E-state index contributed by atoms with van der Waals surface area (Å²) in [4.78, 5) is 53.1. The van der Waals surface area contributed by atoms with E-state index in [0.29, 0.717) is 23.1 Å². The van der Waals surface area contributed by atoms with E-state index in [1.807, 2.05) is 0 Å². The number of nitrogens with zero attached hydrogens (tertiary/aromatic N) is 5. The Bertz CT molecular complexity index is 1360. The number of aromatic nitrogens is 3. The summed E-state index contributed by atoms with van der Waals surface area (Å²) in [6.45, 7) is 6.07. The molecule has 2 amide bonds. The average Bonchev–Trinajstić information content (AvgIpc) is 3.34. The Labute approximate surface area is 235 Å². The van der Waals surface area contributed by atoms with E-state index in [0.717, 1.165) is 23.1 Å². The van der Waals surface area contributed by atoms with Crippen molar-refractivity contribution in [1.29, 1.82) is 0 Å². The normalized spacial score (nSPS) is 18.5. The Balaban J connectivity index is 1.35. The second kappa shape index (κ2) is 12.4. The smallest absolute Gasteiger partial charge is 0.337 e. The quantitative estimate of drug-likeness (QED) is 0.0315. The number of carbonyl (C=O) groups excluding carboxylic acids is 3. The van der Waals surface area contributed by atoms with Crippen molar-refractivity contribution in [2.75, 3.05) is 35.5 Å². The molecule has 4 heterocycles. The molecule has 0 aromatic carbocycles. The number of carbonyl (C=O) groups is 3. The number of rotatable bonds is 11. The summed E-state index contributed by atoms with van der Waals surface area (Å²) in [5.74, 6) is -0.697. The molecule has 17 heteroatoms. The van der Waals surface area contributed by atoms with E-state index in [2.05, 4.69) is 27.0 Å². The summed E-state index contributed by atoms with van der Waals surface area (Å²) in [5.41, 5.74) is 17.9. The fraction of sp³-hybridized carbons (Fsp3) is 0.318. The number of esters is 1. The molecule has 2 aliphatic rings. The third-order valence-electron chi connectivity index (χ3n) is 5.35. The molecule has 14 nitrogen and oxygen atoms in total. The Morgan fingerprint density at radius 2 is 2.18 bits per heavy atom. The summed E-state index contributed by atoms with van der Waals surface area (Å²) in [6.07, 6.45) is 3.11. The van der Waals surface area contributed by atoms with E-state index >= 15 is 0 Å². The van der Waals surface area contributed by atoms with Crippen LogP contribution in [0.3, 0.4) is 0 Å². The minimum atomic E-state index is -0.810. The van der Waals surface area contributed by atoms with Crippen molar-refractivity contribution in [3.63, 3.8) is 0 Å². The van der Waals surface area contributed by atoms with Crippen molar-refractivity contribution in [2.45, 2.75) is 30.0 Å². The predicted molar refractivity (Wildman–Crippen MR) is 148 cm³/mol. The summed E-state index contributed by atoms with van der Waals surface area (Å²) >= 11 is 3.62. The Hall–Kier alpha value is -3.83. The van der Waals surface area contributed by atoms with Crippen LogP contribution in [0.2, 0.25) is 0 Å². The first kappa shape index (κ1) is 28.2. The standard InChI is InChI=1S/C22H25N9O5S3/c1-3-5-30-14(24)6-13(23)27-22(30)39-10-35-20(34)11-7-31-18(33)16(19(31)37-8-11)28-17(32)15(29-36-4-2)12-9-38-21(25)26-12/h3,6-7,9,16,19H,1,4-5,8,10H2,2H3,(H6,23,24,25,26,28,32)/p+1/t16?,19-/m1/s1. The number of nitrogens with one attached hydrogen (secondary N) is 1. The van der Waals surface area contributed by atoms with Gasteiger partial charge in [-0.25, -0.2) is 14.3 Å². The van der Waals surface area contributed by atoms with Crippen molar-refractivity contribution in [3.8, 4) is 0 Å². The molecule has 2 aromatic heterocycles. The largest absolute Gasteiger partial charge is 0.451 e. The van der Waals surface area contributed by atoms with E-state index in [1.165, 1.54) is 28.9 Å². The molecule has 206 valence electrons. The number of thioether (sulfide) groups is 2. The van der Waals surface area contributed by atoms with E-state index in [4.69, 9.17) is 26.8 Å². The Morgan fingerprint density at radius 1 is 1.38 bits per heavy atom. The second-order valence-corrected chi connectivity index (χ2v) is 10.8. The van der Waals surface area contributed by atoms with Gasteiger partial charge in [-0.15, -0.1) is 23.1 Å². The van der Waals surface area contributed by atoms with Crippen LogP contribution in [0.15, 0.2) is 46.2 Å². The maximum atomic E-state index is 12.9. The first-order valence-corrected chi connectivity index (χ1v) is 14.4. The second-order valence-electron chi connectivity index (χ2n) is 7.96. The van der Waals surface area contributed by atoms with Crippen LogP contribution in [0.25, 0.3) is 0 Å². The summed E-state index contributed by atoms with van der Waals surface area (Å²) in [5, 5.41) is 8.44. The third kappa shape index (κ3) is 6.26. The van der Waals surface area contributed by atoms with Crippen LogP contribution >= 0.6 is 34.9 Å². The van der Waals surface area contributed by atoms with Crippen molar-refractivity contribution in [2.24, 2.45) is 5.16 Å². The molecule has 0 spiro atoms. The fourth-order valence-electron chi connectivity index (χ4n) is 3.56. The molecule has 2 aromatic rings. The maximum Gasteiger partial charge on any atom is 0.337 e. The van der Waals surface area contributed by atoms with E-state index in [9.17, 15) is 14.4 Å². The van der Waals surface area contributed by atoms with Gasteiger partial charge >= 0.3 is 11.1 Å². The lowest BCUT2D eigenvalue weighted by Crippen LogP contribution is -2.69. The highest BCUT2D eigenvalue weighted by Crippen LogP contribution is 2.36. The number of fused-ring (bicyclic) bond motifs is 1. The SMILES string of the molecule is C=CC[n+]1c(N)cc(N)nc1SCOC(=O)C1=CN2C(=O)C(NC(=O)C(=NOCC)c3csc(N)n3)[C@H]2SC1. The zero-order valence-electron chi connectivity index (χ0n) is 20.7. The van der Waals surface area contributed by atoms with Crippen LogP contribution in [-0.4, -0.2) is 68.1 Å². The summed E-state index contributed by atoms with van der Waals surface area (Å²) < 4.78 is 7.06. The molecule has 0 saturated carbocycles. The lowest BCUT2D eigenvalue weighted by atomic mass is 10.1. The highest BCUT2D eigenvalue weighted by Gasteiger charge is 2.50. The molecular weight excluding hydrogens is 567 g/mol. The van der Waals surface area contributed by atoms with Gasteiger partial charge in [-0.1, -0.05) is 22.8 Å². The van der Waals surface area contributed by atoms with E-state index in [-0.39, 0.29) is 46.6 Å². The molecule has 0 aliphatic carbocycles. The lowest BCUT2D eigenvalue weighted by molar-refractivity contribution is -0.713. The number of nitrogen functional groups attached to an aromatic ring is 3. The molecule has 2 aliphatic heterocycles. The number of nitrogens with two attached hydrogens (primary N) is 3. The number of ether oxygens (including phenoxy) is 1. The molecule has 7 N–H and O–H groups in total. The topological polar surface area (TPSA) is 205 Å². The van der Waals surface area contributed by atoms with Gasteiger partial charge in [-0.3, -0.25) is 9.59 Å². The Morgan fingerprint density at radius 3 is 2.87 bits per heavy atom. The number of oxime groups is 1. The van der Waals surface area contributed by atoms with Gasteiger partial charge in [-0.2, -0.15) is 0 Å². The van der Waals surface area contributed by atoms with E-state index < -0.39 is 23.3 Å². The highest BCUT2D eigenvalue weighted by atomic mass is 32.2. The number of anilines is 3.